The van der Waals surface area contributed by atoms with Crippen LogP contribution in [-0.4, -0.2) is 31.6 Å². The van der Waals surface area contributed by atoms with Crippen LogP contribution in [-0.2, 0) is 11.0 Å². The third-order valence-corrected chi connectivity index (χ3v) is 6.12. The summed E-state index contributed by atoms with van der Waals surface area (Å²) < 4.78 is 40.2. The van der Waals surface area contributed by atoms with Crippen LogP contribution >= 0.6 is 11.3 Å². The van der Waals surface area contributed by atoms with E-state index in [1.807, 2.05) is 0 Å². The number of halogens is 3. The van der Waals surface area contributed by atoms with E-state index in [-0.39, 0.29) is 15.6 Å². The fraction of sp³-hybridized carbons (Fsp3) is 0.190. The number of fused-ring (bicyclic) bond motifs is 1. The van der Waals surface area contributed by atoms with Crippen molar-refractivity contribution < 1.29 is 22.8 Å². The van der Waals surface area contributed by atoms with Crippen molar-refractivity contribution in [2.45, 2.75) is 26.1 Å². The Kier molecular flexibility index (Phi) is 5.85. The second-order valence-electron chi connectivity index (χ2n) is 7.18. The second-order valence-corrected chi connectivity index (χ2v) is 8.17. The largest absolute Gasteiger partial charge is 0.433 e. The number of pyridine rings is 1. The number of nitrogens with zero attached hydrogens (tertiary/aromatic N) is 4. The summed E-state index contributed by atoms with van der Waals surface area (Å²) in [5.74, 6) is -0.746. The van der Waals surface area contributed by atoms with Crippen molar-refractivity contribution in [2.24, 2.45) is 0 Å². The summed E-state index contributed by atoms with van der Waals surface area (Å²) in [5.41, 5.74) is 0.536. The normalized spacial score (nSPS) is 12.5. The van der Waals surface area contributed by atoms with Gasteiger partial charge in [0.15, 0.2) is 0 Å². The summed E-state index contributed by atoms with van der Waals surface area (Å²) in [6.45, 7) is 3.34. The number of hydrogen-bond acceptors (Lipinski definition) is 6. The Balaban J connectivity index is 1.46. The van der Waals surface area contributed by atoms with Crippen LogP contribution in [0.4, 0.5) is 24.5 Å². The number of nitrogens with one attached hydrogen (secondary N) is 2. The van der Waals surface area contributed by atoms with Gasteiger partial charge in [-0.3, -0.25) is 9.59 Å². The average Bonchev–Trinajstić information content (AvgIpc) is 3.42. The Morgan fingerprint density at radius 1 is 1.06 bits per heavy atom. The number of aryl methyl sites for hydroxylation is 1. The molecule has 4 aromatic rings. The first-order chi connectivity index (χ1) is 15.6. The molecule has 8 nitrogen and oxygen atoms in total. The fourth-order valence-corrected chi connectivity index (χ4v) is 4.16. The predicted octanol–water partition coefficient (Wildman–Crippen LogP) is 4.67. The van der Waals surface area contributed by atoms with Crippen LogP contribution in [0.5, 0.6) is 0 Å². The van der Waals surface area contributed by atoms with Gasteiger partial charge in [-0.1, -0.05) is 0 Å². The highest BCUT2D eigenvalue weighted by atomic mass is 32.1. The molecule has 0 aliphatic rings. The molecule has 3 heterocycles. The van der Waals surface area contributed by atoms with Gasteiger partial charge in [-0.05, 0) is 55.8 Å². The SMILES string of the molecule is Cc1c(C(=O)Nc2ccc(NC(=O)C(C)n3cncn3)cc2)sc2nc(C(F)(F)F)ccc12. The van der Waals surface area contributed by atoms with Crippen molar-refractivity contribution in [2.75, 3.05) is 10.6 Å². The van der Waals surface area contributed by atoms with Crippen molar-refractivity contribution in [1.82, 2.24) is 19.7 Å². The first-order valence-electron chi connectivity index (χ1n) is 9.67. The van der Waals surface area contributed by atoms with E-state index in [2.05, 4.69) is 25.7 Å². The first kappa shape index (κ1) is 22.4. The maximum Gasteiger partial charge on any atom is 0.433 e. The lowest BCUT2D eigenvalue weighted by Gasteiger charge is -2.12. The summed E-state index contributed by atoms with van der Waals surface area (Å²) in [4.78, 5) is 32.9. The van der Waals surface area contributed by atoms with Gasteiger partial charge in [-0.25, -0.2) is 14.6 Å². The molecule has 0 spiro atoms. The Morgan fingerprint density at radius 2 is 1.73 bits per heavy atom. The molecule has 1 aromatic carbocycles. The topological polar surface area (TPSA) is 102 Å². The van der Waals surface area contributed by atoms with E-state index in [9.17, 15) is 22.8 Å². The number of aromatic nitrogens is 4. The van der Waals surface area contributed by atoms with Crippen LogP contribution in [0.25, 0.3) is 10.2 Å². The van der Waals surface area contributed by atoms with Gasteiger partial charge in [0, 0.05) is 16.8 Å². The zero-order valence-electron chi connectivity index (χ0n) is 17.3. The quantitative estimate of drug-likeness (QED) is 0.438. The monoisotopic (exact) mass is 474 g/mol. The number of alkyl halides is 3. The Hall–Kier alpha value is -3.80. The fourth-order valence-electron chi connectivity index (χ4n) is 3.08. The third kappa shape index (κ3) is 4.70. The highest BCUT2D eigenvalue weighted by Gasteiger charge is 2.33. The van der Waals surface area contributed by atoms with Crippen molar-refractivity contribution in [3.8, 4) is 0 Å². The third-order valence-electron chi connectivity index (χ3n) is 4.92. The van der Waals surface area contributed by atoms with E-state index in [0.717, 1.165) is 17.4 Å². The minimum Gasteiger partial charge on any atom is -0.324 e. The van der Waals surface area contributed by atoms with Gasteiger partial charge in [-0.15, -0.1) is 11.3 Å². The zero-order valence-corrected chi connectivity index (χ0v) is 18.2. The summed E-state index contributed by atoms with van der Waals surface area (Å²) in [6, 6.07) is 8.13. The standard InChI is InChI=1S/C21H17F3N6O2S/c1-11-15-7-8-16(21(22,23)24)29-20(15)33-17(11)19(32)28-14-5-3-13(4-6-14)27-18(31)12(2)30-10-25-9-26-30/h3-10,12H,1-2H3,(H,27,31)(H,28,32). The van der Waals surface area contributed by atoms with E-state index in [0.29, 0.717) is 22.3 Å². The Labute approximate surface area is 189 Å². The van der Waals surface area contributed by atoms with Gasteiger partial charge in [0.05, 0.1) is 4.88 Å². The molecular formula is C21H17F3N6O2S. The van der Waals surface area contributed by atoms with Crippen molar-refractivity contribution in [3.05, 3.63) is 65.2 Å². The van der Waals surface area contributed by atoms with Crippen LogP contribution in [0, 0.1) is 6.92 Å². The molecule has 0 saturated heterocycles. The zero-order chi connectivity index (χ0) is 23.8. The Morgan fingerprint density at radius 3 is 2.33 bits per heavy atom. The van der Waals surface area contributed by atoms with E-state index < -0.39 is 23.8 Å². The minimum atomic E-state index is -4.56. The van der Waals surface area contributed by atoms with Crippen LogP contribution in [0.15, 0.2) is 49.1 Å². The molecule has 4 rings (SSSR count). The summed E-state index contributed by atoms with van der Waals surface area (Å²) in [6.07, 6.45) is -1.78. The number of anilines is 2. The molecule has 0 radical (unpaired) electrons. The number of benzene rings is 1. The lowest BCUT2D eigenvalue weighted by molar-refractivity contribution is -0.140. The van der Waals surface area contributed by atoms with Crippen LogP contribution in [0.3, 0.4) is 0 Å². The number of rotatable bonds is 5. The number of carbonyl (C=O) groups is 2. The van der Waals surface area contributed by atoms with E-state index in [1.54, 1.807) is 38.1 Å². The molecule has 2 amide bonds. The van der Waals surface area contributed by atoms with Gasteiger partial charge in [0.1, 0.15) is 29.2 Å². The van der Waals surface area contributed by atoms with Gasteiger partial charge in [0.2, 0.25) is 5.91 Å². The summed E-state index contributed by atoms with van der Waals surface area (Å²) >= 11 is 0.901. The van der Waals surface area contributed by atoms with Gasteiger partial charge in [0.25, 0.3) is 5.91 Å². The molecule has 0 aliphatic carbocycles. The molecule has 0 bridgehead atoms. The van der Waals surface area contributed by atoms with Crippen molar-refractivity contribution >= 4 is 44.7 Å². The molecule has 0 aliphatic heterocycles. The molecule has 1 unspecified atom stereocenters. The lowest BCUT2D eigenvalue weighted by atomic mass is 10.1. The summed E-state index contributed by atoms with van der Waals surface area (Å²) in [5, 5.41) is 9.89. The van der Waals surface area contributed by atoms with Crippen molar-refractivity contribution in [1.29, 1.82) is 0 Å². The number of hydrogen-bond donors (Lipinski definition) is 2. The maximum atomic E-state index is 12.9. The smallest absolute Gasteiger partial charge is 0.324 e. The molecule has 33 heavy (non-hydrogen) atoms. The van der Waals surface area contributed by atoms with Crippen LogP contribution in [0.1, 0.15) is 33.9 Å². The number of amides is 2. The van der Waals surface area contributed by atoms with Crippen LogP contribution in [0.2, 0.25) is 0 Å². The molecular weight excluding hydrogens is 457 g/mol. The molecule has 1 atom stereocenters. The van der Waals surface area contributed by atoms with Gasteiger partial charge in [-0.2, -0.15) is 18.3 Å². The minimum absolute atomic E-state index is 0.145. The Bertz CT molecular complexity index is 1320. The number of carbonyl (C=O) groups excluding carboxylic acids is 2. The molecule has 2 N–H and O–H groups in total. The molecule has 12 heteroatoms. The predicted molar refractivity (Wildman–Crippen MR) is 117 cm³/mol. The molecule has 0 saturated carbocycles. The van der Waals surface area contributed by atoms with E-state index in [1.165, 1.54) is 23.4 Å². The van der Waals surface area contributed by atoms with Crippen LogP contribution < -0.4 is 10.6 Å². The molecule has 170 valence electrons. The second kappa shape index (κ2) is 8.62. The molecule has 3 aromatic heterocycles. The average molecular weight is 474 g/mol. The van der Waals surface area contributed by atoms with Gasteiger partial charge < -0.3 is 10.6 Å². The van der Waals surface area contributed by atoms with Crippen molar-refractivity contribution in [3.63, 3.8) is 0 Å². The first-order valence-corrected chi connectivity index (χ1v) is 10.5. The highest BCUT2D eigenvalue weighted by Crippen LogP contribution is 2.34. The highest BCUT2D eigenvalue weighted by molar-refractivity contribution is 7.20. The molecule has 0 fully saturated rings. The maximum absolute atomic E-state index is 12.9. The van der Waals surface area contributed by atoms with E-state index >= 15 is 0 Å². The summed E-state index contributed by atoms with van der Waals surface area (Å²) in [7, 11) is 0. The lowest BCUT2D eigenvalue weighted by Crippen LogP contribution is -2.24. The number of thiophene rings is 1. The van der Waals surface area contributed by atoms with E-state index in [4.69, 9.17) is 0 Å². The van der Waals surface area contributed by atoms with Gasteiger partial charge >= 0.3 is 6.18 Å².